The first kappa shape index (κ1) is 15.2. The van der Waals surface area contributed by atoms with Crippen LogP contribution in [-0.2, 0) is 4.79 Å². The number of furan rings is 1. The Morgan fingerprint density at radius 2 is 2.23 bits per heavy atom. The van der Waals surface area contributed by atoms with Gasteiger partial charge in [-0.05, 0) is 19.1 Å². The first-order chi connectivity index (χ1) is 10.6. The number of benzene rings is 1. The summed E-state index contributed by atoms with van der Waals surface area (Å²) in [6.45, 7) is 1.47. The smallest absolute Gasteiger partial charge is 0.310 e. The lowest BCUT2D eigenvalue weighted by Crippen LogP contribution is -2.33. The Hall–Kier alpha value is -3.16. The van der Waals surface area contributed by atoms with Gasteiger partial charge in [-0.15, -0.1) is 0 Å². The number of nitrogens with one attached hydrogen (secondary N) is 1. The molecule has 22 heavy (non-hydrogen) atoms. The minimum absolute atomic E-state index is 0.0222. The minimum atomic E-state index is -0.942. The molecule has 8 nitrogen and oxygen atoms in total. The van der Waals surface area contributed by atoms with Crippen LogP contribution in [-0.4, -0.2) is 23.1 Å². The molecule has 8 heteroatoms. The molecule has 2 aromatic rings. The molecule has 114 valence electrons. The SMILES string of the molecule is C[C@H](Oc1ccccc1[N+](=O)[O-])C(=O)NN=Cc1ccoc1. The fraction of sp³-hybridized carbons (Fsp3) is 0.143. The number of nitro groups is 1. The summed E-state index contributed by atoms with van der Waals surface area (Å²) in [5, 5.41) is 14.6. The molecule has 0 aliphatic carbocycles. The first-order valence-corrected chi connectivity index (χ1v) is 6.33. The van der Waals surface area contributed by atoms with E-state index in [1.807, 2.05) is 0 Å². The van der Waals surface area contributed by atoms with E-state index in [0.29, 0.717) is 5.56 Å². The Morgan fingerprint density at radius 1 is 1.45 bits per heavy atom. The van der Waals surface area contributed by atoms with Crippen LogP contribution in [0.15, 0.2) is 52.4 Å². The van der Waals surface area contributed by atoms with Crippen LogP contribution in [0.3, 0.4) is 0 Å². The van der Waals surface area contributed by atoms with Gasteiger partial charge in [0.1, 0.15) is 0 Å². The molecule has 1 heterocycles. The van der Waals surface area contributed by atoms with E-state index in [4.69, 9.17) is 9.15 Å². The van der Waals surface area contributed by atoms with Gasteiger partial charge in [0.15, 0.2) is 11.9 Å². The summed E-state index contributed by atoms with van der Waals surface area (Å²) in [4.78, 5) is 22.1. The van der Waals surface area contributed by atoms with Crippen molar-refractivity contribution in [3.63, 3.8) is 0 Å². The first-order valence-electron chi connectivity index (χ1n) is 6.33. The lowest BCUT2D eigenvalue weighted by atomic mass is 10.3. The van der Waals surface area contributed by atoms with Crippen molar-refractivity contribution in [3.8, 4) is 5.75 Å². The number of carbonyl (C=O) groups is 1. The molecule has 0 radical (unpaired) electrons. The van der Waals surface area contributed by atoms with Gasteiger partial charge < -0.3 is 9.15 Å². The van der Waals surface area contributed by atoms with Gasteiger partial charge in [0.25, 0.3) is 5.91 Å². The third kappa shape index (κ3) is 3.92. The summed E-state index contributed by atoms with van der Waals surface area (Å²) in [5.41, 5.74) is 2.77. The second-order valence-corrected chi connectivity index (χ2v) is 4.28. The molecule has 1 amide bonds. The molecule has 0 aliphatic heterocycles. The van der Waals surface area contributed by atoms with Crippen molar-refractivity contribution >= 4 is 17.8 Å². The van der Waals surface area contributed by atoms with Gasteiger partial charge in [0.05, 0.1) is 23.7 Å². The highest BCUT2D eigenvalue weighted by atomic mass is 16.6. The van der Waals surface area contributed by atoms with Crippen LogP contribution in [0, 0.1) is 10.1 Å². The summed E-state index contributed by atoms with van der Waals surface area (Å²) in [7, 11) is 0. The number of ether oxygens (including phenoxy) is 1. The van der Waals surface area contributed by atoms with Crippen LogP contribution in [0.25, 0.3) is 0 Å². The Balaban J connectivity index is 1.95. The number of carbonyl (C=O) groups excluding carboxylic acids is 1. The second kappa shape index (κ2) is 7.02. The lowest BCUT2D eigenvalue weighted by molar-refractivity contribution is -0.386. The van der Waals surface area contributed by atoms with E-state index < -0.39 is 16.9 Å². The molecule has 2 rings (SSSR count). The lowest BCUT2D eigenvalue weighted by Gasteiger charge is -2.12. The summed E-state index contributed by atoms with van der Waals surface area (Å²) in [5.74, 6) is -0.508. The number of nitrogens with zero attached hydrogens (tertiary/aromatic N) is 2. The van der Waals surface area contributed by atoms with Gasteiger partial charge in [-0.3, -0.25) is 14.9 Å². The van der Waals surface area contributed by atoms with E-state index in [2.05, 4.69) is 10.5 Å². The summed E-state index contributed by atoms with van der Waals surface area (Å²) in [6, 6.07) is 7.51. The number of nitro benzene ring substituents is 1. The Bertz CT molecular complexity index is 682. The molecule has 0 unspecified atom stereocenters. The maximum Gasteiger partial charge on any atom is 0.310 e. The van der Waals surface area contributed by atoms with Crippen molar-refractivity contribution in [2.45, 2.75) is 13.0 Å². The van der Waals surface area contributed by atoms with E-state index in [9.17, 15) is 14.9 Å². The monoisotopic (exact) mass is 303 g/mol. The van der Waals surface area contributed by atoms with Crippen molar-refractivity contribution in [3.05, 3.63) is 58.5 Å². The van der Waals surface area contributed by atoms with Crippen molar-refractivity contribution in [2.75, 3.05) is 0 Å². The quantitative estimate of drug-likeness (QED) is 0.499. The third-order valence-electron chi connectivity index (χ3n) is 2.67. The van der Waals surface area contributed by atoms with Gasteiger partial charge in [-0.1, -0.05) is 12.1 Å². The fourth-order valence-corrected chi connectivity index (χ4v) is 1.56. The van der Waals surface area contributed by atoms with Gasteiger partial charge in [-0.25, -0.2) is 5.43 Å². The number of hydrazone groups is 1. The average molecular weight is 303 g/mol. The Morgan fingerprint density at radius 3 is 2.91 bits per heavy atom. The maximum atomic E-state index is 11.8. The molecule has 0 aliphatic rings. The number of rotatable bonds is 6. The summed E-state index contributed by atoms with van der Waals surface area (Å²) in [6.07, 6.45) is 3.40. The third-order valence-corrected chi connectivity index (χ3v) is 2.67. The minimum Gasteiger partial charge on any atom is -0.474 e. The zero-order valence-corrected chi connectivity index (χ0v) is 11.6. The molecule has 0 spiro atoms. The van der Waals surface area contributed by atoms with E-state index in [1.165, 1.54) is 43.9 Å². The number of hydrogen-bond donors (Lipinski definition) is 1. The van der Waals surface area contributed by atoms with Crippen LogP contribution >= 0.6 is 0 Å². The standard InChI is InChI=1S/C14H13N3O5/c1-10(14(18)16-15-8-11-6-7-21-9-11)22-13-5-3-2-4-12(13)17(19)20/h2-10H,1H3,(H,16,18)/t10-/m0/s1. The Labute approximate surface area is 125 Å². The van der Waals surface area contributed by atoms with Gasteiger partial charge >= 0.3 is 5.69 Å². The largest absolute Gasteiger partial charge is 0.474 e. The fourth-order valence-electron chi connectivity index (χ4n) is 1.56. The normalized spacial score (nSPS) is 12.0. The molecule has 0 bridgehead atoms. The summed E-state index contributed by atoms with van der Waals surface area (Å²) < 4.78 is 10.2. The van der Waals surface area contributed by atoms with Crippen LogP contribution in [0.2, 0.25) is 0 Å². The highest BCUT2D eigenvalue weighted by molar-refractivity contribution is 5.84. The van der Waals surface area contributed by atoms with E-state index >= 15 is 0 Å². The van der Waals surface area contributed by atoms with Gasteiger partial charge in [-0.2, -0.15) is 5.10 Å². The molecule has 0 fully saturated rings. The van der Waals surface area contributed by atoms with Crippen LogP contribution in [0.1, 0.15) is 12.5 Å². The van der Waals surface area contributed by atoms with E-state index in [-0.39, 0.29) is 11.4 Å². The summed E-state index contributed by atoms with van der Waals surface area (Å²) >= 11 is 0. The molecule has 1 aromatic heterocycles. The number of para-hydroxylation sites is 2. The van der Waals surface area contributed by atoms with Gasteiger partial charge in [0.2, 0.25) is 0 Å². The molecular weight excluding hydrogens is 290 g/mol. The molecular formula is C14H13N3O5. The zero-order valence-electron chi connectivity index (χ0n) is 11.6. The zero-order chi connectivity index (χ0) is 15.9. The van der Waals surface area contributed by atoms with Crippen LogP contribution in [0.4, 0.5) is 5.69 Å². The van der Waals surface area contributed by atoms with Crippen molar-refractivity contribution in [1.29, 1.82) is 0 Å². The molecule has 1 N–H and O–H groups in total. The van der Waals surface area contributed by atoms with E-state index in [1.54, 1.807) is 12.1 Å². The number of hydrogen-bond acceptors (Lipinski definition) is 6. The van der Waals surface area contributed by atoms with Crippen LogP contribution < -0.4 is 10.2 Å². The highest BCUT2D eigenvalue weighted by Gasteiger charge is 2.20. The topological polar surface area (TPSA) is 107 Å². The van der Waals surface area contributed by atoms with Crippen molar-refractivity contribution in [1.82, 2.24) is 5.43 Å². The molecule has 0 saturated heterocycles. The predicted octanol–water partition coefficient (Wildman–Crippen LogP) is 2.11. The molecule has 0 saturated carbocycles. The highest BCUT2D eigenvalue weighted by Crippen LogP contribution is 2.26. The Kier molecular flexibility index (Phi) is 4.86. The van der Waals surface area contributed by atoms with Crippen molar-refractivity contribution in [2.24, 2.45) is 5.10 Å². The molecule has 1 atom stereocenters. The predicted molar refractivity (Wildman–Crippen MR) is 77.6 cm³/mol. The van der Waals surface area contributed by atoms with Crippen molar-refractivity contribution < 1.29 is 18.9 Å². The van der Waals surface area contributed by atoms with E-state index in [0.717, 1.165) is 0 Å². The number of amides is 1. The molecule has 1 aromatic carbocycles. The second-order valence-electron chi connectivity index (χ2n) is 4.28. The van der Waals surface area contributed by atoms with Crippen LogP contribution in [0.5, 0.6) is 5.75 Å². The maximum absolute atomic E-state index is 11.8. The van der Waals surface area contributed by atoms with Gasteiger partial charge in [0, 0.05) is 11.6 Å². The average Bonchev–Trinajstić information content (AvgIpc) is 3.00.